The molecule has 20 heavy (non-hydrogen) atoms. The van der Waals surface area contributed by atoms with Crippen LogP contribution >= 0.6 is 0 Å². The van der Waals surface area contributed by atoms with Crippen molar-refractivity contribution in [2.75, 3.05) is 0 Å². The molecule has 0 radical (unpaired) electrons. The van der Waals surface area contributed by atoms with Crippen molar-refractivity contribution in [2.24, 2.45) is 28.4 Å². The van der Waals surface area contributed by atoms with Gasteiger partial charge >= 0.3 is 0 Å². The van der Waals surface area contributed by atoms with Gasteiger partial charge in [0.15, 0.2) is 0 Å². The minimum atomic E-state index is -0.435. The lowest BCUT2D eigenvalue weighted by Crippen LogP contribution is -2.41. The standard InChI is InChI=1S/C17H33NO2/c1-8-9-10-12(15(18)20)13(11-16(2,3)4)14(19)17(5,6)7/h12-13H,8-11H2,1-7H3,(H2,18,20)/t12-,13+/m0/s1. The number of amides is 1. The summed E-state index contributed by atoms with van der Waals surface area (Å²) >= 11 is 0. The first kappa shape index (κ1) is 19.1. The molecule has 0 rings (SSSR count). The minimum absolute atomic E-state index is 0.00545. The monoisotopic (exact) mass is 283 g/mol. The second kappa shape index (κ2) is 7.24. The van der Waals surface area contributed by atoms with Crippen LogP contribution in [0.1, 0.15) is 74.1 Å². The van der Waals surface area contributed by atoms with E-state index in [0.717, 1.165) is 12.8 Å². The summed E-state index contributed by atoms with van der Waals surface area (Å²) in [5, 5.41) is 0. The van der Waals surface area contributed by atoms with E-state index in [9.17, 15) is 9.59 Å². The first-order chi connectivity index (χ1) is 8.90. The predicted octanol–water partition coefficient (Wildman–Crippen LogP) is 3.95. The number of unbranched alkanes of at least 4 members (excludes halogenated alkanes) is 1. The van der Waals surface area contributed by atoms with Gasteiger partial charge in [0.05, 0.1) is 0 Å². The molecule has 0 saturated heterocycles. The summed E-state index contributed by atoms with van der Waals surface area (Å²) in [6.45, 7) is 14.2. The molecular weight excluding hydrogens is 250 g/mol. The number of nitrogens with two attached hydrogens (primary N) is 1. The number of rotatable bonds is 7. The molecular formula is C17H33NO2. The molecule has 3 heteroatoms. The van der Waals surface area contributed by atoms with Crippen molar-refractivity contribution < 1.29 is 9.59 Å². The van der Waals surface area contributed by atoms with Gasteiger partial charge in [0, 0.05) is 17.3 Å². The van der Waals surface area contributed by atoms with E-state index in [0.29, 0.717) is 12.8 Å². The van der Waals surface area contributed by atoms with Gasteiger partial charge in [-0.15, -0.1) is 0 Å². The normalized spacial score (nSPS) is 15.8. The van der Waals surface area contributed by atoms with Crippen LogP contribution in [-0.4, -0.2) is 11.7 Å². The van der Waals surface area contributed by atoms with Gasteiger partial charge in [-0.25, -0.2) is 0 Å². The summed E-state index contributed by atoms with van der Waals surface area (Å²) in [6.07, 6.45) is 3.37. The molecule has 1 amide bonds. The Bertz CT molecular complexity index is 334. The van der Waals surface area contributed by atoms with Crippen LogP contribution in [0.5, 0.6) is 0 Å². The molecule has 0 aromatic rings. The number of carbonyl (C=O) groups excluding carboxylic acids is 2. The van der Waals surface area contributed by atoms with Gasteiger partial charge in [-0.05, 0) is 18.3 Å². The maximum Gasteiger partial charge on any atom is 0.221 e. The highest BCUT2D eigenvalue weighted by atomic mass is 16.1. The zero-order valence-corrected chi connectivity index (χ0v) is 14.4. The van der Waals surface area contributed by atoms with Crippen molar-refractivity contribution in [1.29, 1.82) is 0 Å². The molecule has 0 heterocycles. The Morgan fingerprint density at radius 1 is 1.00 bits per heavy atom. The maximum absolute atomic E-state index is 12.7. The second-order valence-electron chi connectivity index (χ2n) is 8.14. The highest BCUT2D eigenvalue weighted by Crippen LogP contribution is 2.36. The Kier molecular flexibility index (Phi) is 6.92. The molecule has 0 aliphatic carbocycles. The lowest BCUT2D eigenvalue weighted by molar-refractivity contribution is -0.138. The van der Waals surface area contributed by atoms with E-state index in [1.54, 1.807) is 0 Å². The van der Waals surface area contributed by atoms with Crippen LogP contribution in [0.2, 0.25) is 0 Å². The Labute approximate surface area is 124 Å². The van der Waals surface area contributed by atoms with Crippen molar-refractivity contribution in [1.82, 2.24) is 0 Å². The molecule has 0 unspecified atom stereocenters. The third-order valence-electron chi connectivity index (χ3n) is 3.63. The lowest BCUT2D eigenvalue weighted by atomic mass is 9.69. The number of hydrogen-bond donors (Lipinski definition) is 1. The van der Waals surface area contributed by atoms with Crippen LogP contribution in [0.15, 0.2) is 0 Å². The number of ketones is 1. The summed E-state index contributed by atoms with van der Waals surface area (Å²) in [5.74, 6) is -0.766. The number of primary amides is 1. The van der Waals surface area contributed by atoms with Crippen molar-refractivity contribution in [2.45, 2.75) is 74.1 Å². The first-order valence-corrected chi connectivity index (χ1v) is 7.73. The molecule has 0 aliphatic heterocycles. The average Bonchev–Trinajstić information content (AvgIpc) is 2.23. The third-order valence-corrected chi connectivity index (χ3v) is 3.63. The van der Waals surface area contributed by atoms with E-state index in [2.05, 4.69) is 27.7 Å². The van der Waals surface area contributed by atoms with E-state index >= 15 is 0 Å². The highest BCUT2D eigenvalue weighted by molar-refractivity contribution is 5.91. The Hall–Kier alpha value is -0.860. The molecule has 118 valence electrons. The molecule has 0 aromatic carbocycles. The fraction of sp³-hybridized carbons (Fsp3) is 0.882. The molecule has 2 N–H and O–H groups in total. The van der Waals surface area contributed by atoms with Crippen LogP contribution in [0, 0.1) is 22.7 Å². The molecule has 0 aromatic heterocycles. The van der Waals surface area contributed by atoms with Gasteiger partial charge in [0.25, 0.3) is 0 Å². The predicted molar refractivity (Wildman–Crippen MR) is 84.2 cm³/mol. The summed E-state index contributed by atoms with van der Waals surface area (Å²) in [7, 11) is 0. The molecule has 0 aliphatic rings. The topological polar surface area (TPSA) is 60.2 Å². The average molecular weight is 283 g/mol. The van der Waals surface area contributed by atoms with Gasteiger partial charge < -0.3 is 5.73 Å². The maximum atomic E-state index is 12.7. The van der Waals surface area contributed by atoms with Gasteiger partial charge in [-0.1, -0.05) is 61.3 Å². The van der Waals surface area contributed by atoms with E-state index in [-0.39, 0.29) is 28.9 Å². The van der Waals surface area contributed by atoms with Gasteiger partial charge in [0.2, 0.25) is 5.91 Å². The van der Waals surface area contributed by atoms with E-state index in [4.69, 9.17) is 5.73 Å². The van der Waals surface area contributed by atoms with Crippen LogP contribution in [0.4, 0.5) is 0 Å². The largest absolute Gasteiger partial charge is 0.369 e. The molecule has 2 atom stereocenters. The quantitative estimate of drug-likeness (QED) is 0.769. The lowest BCUT2D eigenvalue weighted by Gasteiger charge is -2.33. The highest BCUT2D eigenvalue weighted by Gasteiger charge is 2.39. The first-order valence-electron chi connectivity index (χ1n) is 7.73. The van der Waals surface area contributed by atoms with E-state index < -0.39 is 5.41 Å². The van der Waals surface area contributed by atoms with Crippen molar-refractivity contribution in [3.63, 3.8) is 0 Å². The molecule has 3 nitrogen and oxygen atoms in total. The zero-order chi connectivity index (χ0) is 16.1. The van der Waals surface area contributed by atoms with Crippen molar-refractivity contribution in [3.8, 4) is 0 Å². The summed E-state index contributed by atoms with van der Waals surface area (Å²) in [4.78, 5) is 24.6. The number of carbonyl (C=O) groups is 2. The molecule has 0 bridgehead atoms. The third kappa shape index (κ3) is 6.53. The van der Waals surface area contributed by atoms with Gasteiger partial charge in [-0.2, -0.15) is 0 Å². The van der Waals surface area contributed by atoms with Crippen LogP contribution < -0.4 is 5.73 Å². The summed E-state index contributed by atoms with van der Waals surface area (Å²) in [5.41, 5.74) is 5.16. The Morgan fingerprint density at radius 2 is 1.50 bits per heavy atom. The fourth-order valence-electron chi connectivity index (χ4n) is 2.60. The van der Waals surface area contributed by atoms with Gasteiger partial charge in [0.1, 0.15) is 5.78 Å². The van der Waals surface area contributed by atoms with Gasteiger partial charge in [-0.3, -0.25) is 9.59 Å². The van der Waals surface area contributed by atoms with Crippen LogP contribution in [0.3, 0.4) is 0 Å². The summed E-state index contributed by atoms with van der Waals surface area (Å²) in [6, 6.07) is 0. The van der Waals surface area contributed by atoms with E-state index in [1.807, 2.05) is 20.8 Å². The molecule has 0 spiro atoms. The molecule has 0 fully saturated rings. The van der Waals surface area contributed by atoms with Crippen LogP contribution in [-0.2, 0) is 9.59 Å². The Morgan fingerprint density at radius 3 is 1.80 bits per heavy atom. The summed E-state index contributed by atoms with van der Waals surface area (Å²) < 4.78 is 0. The van der Waals surface area contributed by atoms with Crippen LogP contribution in [0.25, 0.3) is 0 Å². The smallest absolute Gasteiger partial charge is 0.221 e. The molecule has 0 saturated carbocycles. The Balaban J connectivity index is 5.35. The van der Waals surface area contributed by atoms with Crippen molar-refractivity contribution >= 4 is 11.7 Å². The number of hydrogen-bond acceptors (Lipinski definition) is 2. The van der Waals surface area contributed by atoms with Crippen molar-refractivity contribution in [3.05, 3.63) is 0 Å². The minimum Gasteiger partial charge on any atom is -0.369 e. The second-order valence-corrected chi connectivity index (χ2v) is 8.14. The van der Waals surface area contributed by atoms with E-state index in [1.165, 1.54) is 0 Å². The number of Topliss-reactive ketones (excluding diaryl/α,β-unsaturated/α-hetero) is 1. The SMILES string of the molecule is CCCC[C@H](C(N)=O)[C@@H](CC(C)(C)C)C(=O)C(C)(C)C. The fourth-order valence-corrected chi connectivity index (χ4v) is 2.60. The zero-order valence-electron chi connectivity index (χ0n) is 14.4.